The van der Waals surface area contributed by atoms with E-state index in [9.17, 15) is 17.2 Å². The Morgan fingerprint density at radius 1 is 1.28 bits per heavy atom. The average Bonchev–Trinajstić information content (AvgIpc) is 2.12. The van der Waals surface area contributed by atoms with Gasteiger partial charge in [-0.25, -0.2) is 26.9 Å². The Labute approximate surface area is 112 Å². The number of nitrogens with one attached hydrogen (secondary N) is 1. The third-order valence-corrected chi connectivity index (χ3v) is 4.35. The lowest BCUT2D eigenvalue weighted by molar-refractivity contribution is -0.0876. The summed E-state index contributed by atoms with van der Waals surface area (Å²) in [5.41, 5.74) is 0. The lowest BCUT2D eigenvalue weighted by Crippen LogP contribution is -2.50. The molecule has 1 aliphatic rings. The molecule has 4 nitrogen and oxygen atoms in total. The summed E-state index contributed by atoms with van der Waals surface area (Å²) in [4.78, 5) is 3.41. The highest BCUT2D eigenvalue weighted by Gasteiger charge is 2.46. The summed E-state index contributed by atoms with van der Waals surface area (Å²) >= 11 is 11.2. The summed E-state index contributed by atoms with van der Waals surface area (Å²) in [6.07, 6.45) is -1.00. The predicted molar refractivity (Wildman–Crippen MR) is 62.5 cm³/mol. The molecule has 1 heterocycles. The van der Waals surface area contributed by atoms with E-state index in [2.05, 4.69) is 9.71 Å². The van der Waals surface area contributed by atoms with Crippen LogP contribution in [-0.2, 0) is 10.0 Å². The number of alkyl halides is 2. The van der Waals surface area contributed by atoms with Gasteiger partial charge in [-0.3, -0.25) is 0 Å². The summed E-state index contributed by atoms with van der Waals surface area (Å²) in [6.45, 7) is 0. The van der Waals surface area contributed by atoms with Crippen molar-refractivity contribution < 1.29 is 17.2 Å². The third-order valence-electron chi connectivity index (χ3n) is 2.46. The minimum atomic E-state index is -3.91. The zero-order valence-electron chi connectivity index (χ0n) is 8.83. The van der Waals surface area contributed by atoms with E-state index in [-0.39, 0.29) is 15.2 Å². The van der Waals surface area contributed by atoms with Crippen LogP contribution in [0.5, 0.6) is 0 Å². The van der Waals surface area contributed by atoms with E-state index in [1.54, 1.807) is 0 Å². The van der Waals surface area contributed by atoms with Crippen LogP contribution in [0.25, 0.3) is 0 Å². The van der Waals surface area contributed by atoms with E-state index >= 15 is 0 Å². The predicted octanol–water partition coefficient (Wildman–Crippen LogP) is 2.46. The SMILES string of the molecule is O=S(=O)(NC1CC(F)(F)C1)c1cc(Cl)nc(Cl)c1. The maximum absolute atomic E-state index is 12.6. The number of aromatic nitrogens is 1. The van der Waals surface area contributed by atoms with Gasteiger partial charge in [0.25, 0.3) is 5.92 Å². The molecule has 1 aromatic rings. The Kier molecular flexibility index (Phi) is 3.52. The van der Waals surface area contributed by atoms with Crippen molar-refractivity contribution in [2.24, 2.45) is 0 Å². The average molecular weight is 317 g/mol. The Balaban J connectivity index is 2.16. The normalized spacial score (nSPS) is 19.6. The van der Waals surface area contributed by atoms with Gasteiger partial charge < -0.3 is 0 Å². The third kappa shape index (κ3) is 3.09. The molecule has 1 fully saturated rings. The molecule has 0 unspecified atom stereocenters. The standard InChI is InChI=1S/C9H8Cl2F2N2O2S/c10-7-1-6(2-8(11)14-7)18(16,17)15-5-3-9(12,13)4-5/h1-2,5,15H,3-4H2. The van der Waals surface area contributed by atoms with E-state index in [4.69, 9.17) is 23.2 Å². The second-order valence-electron chi connectivity index (χ2n) is 4.03. The van der Waals surface area contributed by atoms with Crippen LogP contribution in [0.3, 0.4) is 0 Å². The van der Waals surface area contributed by atoms with Crippen LogP contribution >= 0.6 is 23.2 Å². The zero-order chi connectivity index (χ0) is 13.6. The van der Waals surface area contributed by atoms with Gasteiger partial charge in [-0.1, -0.05) is 23.2 Å². The number of pyridine rings is 1. The van der Waals surface area contributed by atoms with Crippen LogP contribution in [0.1, 0.15) is 12.8 Å². The quantitative estimate of drug-likeness (QED) is 0.871. The zero-order valence-corrected chi connectivity index (χ0v) is 11.2. The van der Waals surface area contributed by atoms with Gasteiger partial charge >= 0.3 is 0 Å². The summed E-state index contributed by atoms with van der Waals surface area (Å²) in [7, 11) is -3.91. The second-order valence-corrected chi connectivity index (χ2v) is 6.52. The minimum absolute atomic E-state index is 0.0817. The monoisotopic (exact) mass is 316 g/mol. The highest BCUT2D eigenvalue weighted by atomic mass is 35.5. The molecular formula is C9H8Cl2F2N2O2S. The molecule has 0 aliphatic heterocycles. The number of hydrogen-bond acceptors (Lipinski definition) is 3. The summed E-state index contributed by atoms with van der Waals surface area (Å²) in [5, 5.41) is -0.163. The van der Waals surface area contributed by atoms with Crippen molar-refractivity contribution in [2.45, 2.75) is 29.7 Å². The molecule has 0 bridgehead atoms. The number of sulfonamides is 1. The molecule has 0 amide bonds. The molecule has 18 heavy (non-hydrogen) atoms. The Morgan fingerprint density at radius 2 is 1.78 bits per heavy atom. The van der Waals surface area contributed by atoms with Crippen molar-refractivity contribution in [2.75, 3.05) is 0 Å². The van der Waals surface area contributed by atoms with Gasteiger partial charge in [0.05, 0.1) is 4.90 Å². The van der Waals surface area contributed by atoms with Crippen molar-refractivity contribution >= 4 is 33.2 Å². The molecule has 1 aliphatic carbocycles. The van der Waals surface area contributed by atoms with Gasteiger partial charge in [0.1, 0.15) is 10.3 Å². The summed E-state index contributed by atoms with van der Waals surface area (Å²) < 4.78 is 51.1. The fraction of sp³-hybridized carbons (Fsp3) is 0.444. The Bertz CT molecular complexity index is 552. The van der Waals surface area contributed by atoms with E-state index in [0.717, 1.165) is 12.1 Å². The minimum Gasteiger partial charge on any atom is -0.224 e. The lowest BCUT2D eigenvalue weighted by Gasteiger charge is -2.34. The van der Waals surface area contributed by atoms with Gasteiger partial charge in [-0.05, 0) is 12.1 Å². The van der Waals surface area contributed by atoms with Gasteiger partial charge in [0.2, 0.25) is 10.0 Å². The first kappa shape index (κ1) is 13.9. The molecule has 1 N–H and O–H groups in total. The van der Waals surface area contributed by atoms with Crippen molar-refractivity contribution in [3.63, 3.8) is 0 Å². The molecule has 0 atom stereocenters. The van der Waals surface area contributed by atoms with Crippen LogP contribution in [0.15, 0.2) is 17.0 Å². The highest BCUT2D eigenvalue weighted by Crippen LogP contribution is 2.38. The molecule has 0 spiro atoms. The summed E-state index contributed by atoms with van der Waals surface area (Å²) in [5.74, 6) is -2.79. The van der Waals surface area contributed by atoms with Crippen molar-refractivity contribution in [3.05, 3.63) is 22.4 Å². The molecule has 100 valence electrons. The maximum Gasteiger partial charge on any atom is 0.251 e. The van der Waals surface area contributed by atoms with E-state index < -0.39 is 34.8 Å². The number of hydrogen-bond donors (Lipinski definition) is 1. The van der Waals surface area contributed by atoms with Crippen LogP contribution < -0.4 is 4.72 Å². The van der Waals surface area contributed by atoms with Crippen LogP contribution in [-0.4, -0.2) is 25.4 Å². The first-order valence-electron chi connectivity index (χ1n) is 4.91. The Hall–Kier alpha value is -0.500. The fourth-order valence-electron chi connectivity index (χ4n) is 1.63. The van der Waals surface area contributed by atoms with Crippen molar-refractivity contribution in [1.29, 1.82) is 0 Å². The van der Waals surface area contributed by atoms with E-state index in [1.807, 2.05) is 0 Å². The van der Waals surface area contributed by atoms with Crippen LogP contribution in [0.2, 0.25) is 10.3 Å². The van der Waals surface area contributed by atoms with Crippen LogP contribution in [0.4, 0.5) is 8.78 Å². The Morgan fingerprint density at radius 3 is 2.22 bits per heavy atom. The number of nitrogens with zero attached hydrogens (tertiary/aromatic N) is 1. The van der Waals surface area contributed by atoms with E-state index in [0.29, 0.717) is 0 Å². The molecule has 0 saturated heterocycles. The number of halogens is 4. The molecule has 0 radical (unpaired) electrons. The topological polar surface area (TPSA) is 59.1 Å². The molecular weight excluding hydrogens is 309 g/mol. The maximum atomic E-state index is 12.6. The van der Waals surface area contributed by atoms with Gasteiger partial charge in [0.15, 0.2) is 0 Å². The number of rotatable bonds is 3. The lowest BCUT2D eigenvalue weighted by atomic mass is 9.89. The van der Waals surface area contributed by atoms with Crippen LogP contribution in [0, 0.1) is 0 Å². The highest BCUT2D eigenvalue weighted by molar-refractivity contribution is 7.89. The first-order valence-corrected chi connectivity index (χ1v) is 7.15. The smallest absolute Gasteiger partial charge is 0.224 e. The molecule has 0 aromatic carbocycles. The van der Waals surface area contributed by atoms with Crippen molar-refractivity contribution in [1.82, 2.24) is 9.71 Å². The molecule has 9 heteroatoms. The van der Waals surface area contributed by atoms with Crippen molar-refractivity contribution in [3.8, 4) is 0 Å². The first-order chi connectivity index (χ1) is 8.18. The molecule has 1 aromatic heterocycles. The van der Waals surface area contributed by atoms with Gasteiger partial charge in [-0.15, -0.1) is 0 Å². The molecule has 2 rings (SSSR count). The second kappa shape index (κ2) is 4.56. The summed E-state index contributed by atoms with van der Waals surface area (Å²) in [6, 6.07) is 1.44. The largest absolute Gasteiger partial charge is 0.251 e. The van der Waals surface area contributed by atoms with Gasteiger partial charge in [0, 0.05) is 18.9 Å². The van der Waals surface area contributed by atoms with E-state index in [1.165, 1.54) is 0 Å². The van der Waals surface area contributed by atoms with Gasteiger partial charge in [-0.2, -0.15) is 0 Å². The molecule has 1 saturated carbocycles. The fourth-order valence-corrected chi connectivity index (χ4v) is 3.50.